The lowest BCUT2D eigenvalue weighted by molar-refractivity contribution is -0.139. The van der Waals surface area contributed by atoms with E-state index in [-0.39, 0.29) is 18.4 Å². The summed E-state index contributed by atoms with van der Waals surface area (Å²) in [4.78, 5) is 24.2. The summed E-state index contributed by atoms with van der Waals surface area (Å²) in [6, 6.07) is 7.06. The molecule has 0 spiro atoms. The third-order valence-electron chi connectivity index (χ3n) is 3.36. The van der Waals surface area contributed by atoms with Gasteiger partial charge in [0.2, 0.25) is 5.91 Å². The smallest absolute Gasteiger partial charge is 0.341 e. The van der Waals surface area contributed by atoms with Gasteiger partial charge in [-0.15, -0.1) is 0 Å². The van der Waals surface area contributed by atoms with E-state index in [1.807, 2.05) is 12.1 Å². The molecule has 0 aromatic heterocycles. The number of amides is 1. The van der Waals surface area contributed by atoms with Gasteiger partial charge in [-0.05, 0) is 24.1 Å². The Hall–Kier alpha value is -2.08. The zero-order valence-electron chi connectivity index (χ0n) is 11.9. The molecule has 6 heteroatoms. The van der Waals surface area contributed by atoms with Crippen LogP contribution in [-0.2, 0) is 20.9 Å². The second kappa shape index (κ2) is 7.08. The molecule has 1 atom stereocenters. The standard InChI is InChI=1S/C15H19NO5/c1-16(15(19)12-6-7-20-9-12)8-11-2-4-13(5-3-11)21-10-14(17)18/h2-5,12H,6-10H2,1H3,(H,17,18)/t12-/m0/s1. The fraction of sp³-hybridized carbons (Fsp3) is 0.467. The van der Waals surface area contributed by atoms with Gasteiger partial charge in [0, 0.05) is 20.2 Å². The second-order valence-corrected chi connectivity index (χ2v) is 5.08. The maximum atomic E-state index is 12.2. The van der Waals surface area contributed by atoms with E-state index >= 15 is 0 Å². The molecule has 1 heterocycles. The first kappa shape index (κ1) is 15.3. The molecule has 0 saturated carbocycles. The summed E-state index contributed by atoms with van der Waals surface area (Å²) in [6.07, 6.45) is 0.783. The summed E-state index contributed by atoms with van der Waals surface area (Å²) in [5.41, 5.74) is 0.965. The summed E-state index contributed by atoms with van der Waals surface area (Å²) >= 11 is 0. The van der Waals surface area contributed by atoms with E-state index in [2.05, 4.69) is 0 Å². The van der Waals surface area contributed by atoms with Gasteiger partial charge in [0.25, 0.3) is 0 Å². The van der Waals surface area contributed by atoms with Gasteiger partial charge in [-0.25, -0.2) is 4.79 Å². The van der Waals surface area contributed by atoms with E-state index in [1.165, 1.54) is 0 Å². The van der Waals surface area contributed by atoms with Crippen LogP contribution in [0.5, 0.6) is 5.75 Å². The molecular formula is C15H19NO5. The number of nitrogens with zero attached hydrogens (tertiary/aromatic N) is 1. The summed E-state index contributed by atoms with van der Waals surface area (Å²) in [6.45, 7) is 1.30. The van der Waals surface area contributed by atoms with Crippen LogP contribution >= 0.6 is 0 Å². The van der Waals surface area contributed by atoms with Crippen LogP contribution in [-0.4, -0.2) is 48.8 Å². The average Bonchev–Trinajstić information content (AvgIpc) is 2.99. The fourth-order valence-corrected chi connectivity index (χ4v) is 2.23. The highest BCUT2D eigenvalue weighted by Gasteiger charge is 2.26. The highest BCUT2D eigenvalue weighted by Crippen LogP contribution is 2.17. The molecule has 0 radical (unpaired) electrons. The van der Waals surface area contributed by atoms with Gasteiger partial charge in [-0.1, -0.05) is 12.1 Å². The van der Waals surface area contributed by atoms with E-state index in [4.69, 9.17) is 14.6 Å². The molecule has 0 unspecified atom stereocenters. The SMILES string of the molecule is CN(Cc1ccc(OCC(=O)O)cc1)C(=O)[C@H]1CCOC1. The number of carbonyl (C=O) groups excluding carboxylic acids is 1. The van der Waals surface area contributed by atoms with Crippen LogP contribution in [0.1, 0.15) is 12.0 Å². The highest BCUT2D eigenvalue weighted by molar-refractivity contribution is 5.79. The first-order valence-electron chi connectivity index (χ1n) is 6.82. The molecule has 1 aliphatic heterocycles. The van der Waals surface area contributed by atoms with Gasteiger partial charge in [0.1, 0.15) is 5.75 Å². The Morgan fingerprint density at radius 3 is 2.67 bits per heavy atom. The third kappa shape index (κ3) is 4.46. The zero-order valence-corrected chi connectivity index (χ0v) is 11.9. The molecule has 2 rings (SSSR count). The summed E-state index contributed by atoms with van der Waals surface area (Å²) in [7, 11) is 1.77. The van der Waals surface area contributed by atoms with Crippen LogP contribution in [0.25, 0.3) is 0 Å². The third-order valence-corrected chi connectivity index (χ3v) is 3.36. The molecule has 1 N–H and O–H groups in total. The second-order valence-electron chi connectivity index (χ2n) is 5.08. The van der Waals surface area contributed by atoms with E-state index in [0.717, 1.165) is 12.0 Å². The predicted octanol–water partition coefficient (Wildman–Crippen LogP) is 1.14. The number of hydrogen-bond acceptors (Lipinski definition) is 4. The van der Waals surface area contributed by atoms with Crippen molar-refractivity contribution in [2.45, 2.75) is 13.0 Å². The molecule has 6 nitrogen and oxygen atoms in total. The van der Waals surface area contributed by atoms with Crippen molar-refractivity contribution in [3.05, 3.63) is 29.8 Å². The van der Waals surface area contributed by atoms with Crippen molar-refractivity contribution in [1.29, 1.82) is 0 Å². The molecule has 1 aromatic carbocycles. The van der Waals surface area contributed by atoms with Crippen LogP contribution in [0.4, 0.5) is 0 Å². The van der Waals surface area contributed by atoms with Crippen LogP contribution < -0.4 is 4.74 Å². The first-order valence-corrected chi connectivity index (χ1v) is 6.82. The average molecular weight is 293 g/mol. The van der Waals surface area contributed by atoms with Crippen LogP contribution in [0.2, 0.25) is 0 Å². The van der Waals surface area contributed by atoms with E-state index in [1.54, 1.807) is 24.1 Å². The normalized spacial score (nSPS) is 17.5. The predicted molar refractivity (Wildman–Crippen MR) is 75.0 cm³/mol. The number of ether oxygens (including phenoxy) is 2. The Bertz CT molecular complexity index is 493. The Morgan fingerprint density at radius 2 is 2.10 bits per heavy atom. The van der Waals surface area contributed by atoms with E-state index in [0.29, 0.717) is 25.5 Å². The van der Waals surface area contributed by atoms with Crippen molar-refractivity contribution >= 4 is 11.9 Å². The van der Waals surface area contributed by atoms with Crippen molar-refractivity contribution in [1.82, 2.24) is 4.90 Å². The van der Waals surface area contributed by atoms with Crippen LogP contribution in [0, 0.1) is 5.92 Å². The molecule has 1 amide bonds. The molecule has 1 aromatic rings. The molecular weight excluding hydrogens is 274 g/mol. The number of rotatable bonds is 6. The highest BCUT2D eigenvalue weighted by atomic mass is 16.5. The van der Waals surface area contributed by atoms with Crippen molar-refractivity contribution < 1.29 is 24.2 Å². The van der Waals surface area contributed by atoms with Crippen molar-refractivity contribution in [3.63, 3.8) is 0 Å². The molecule has 1 saturated heterocycles. The van der Waals surface area contributed by atoms with Gasteiger partial charge in [0.15, 0.2) is 6.61 Å². The number of carboxylic acids is 1. The fourth-order valence-electron chi connectivity index (χ4n) is 2.23. The quantitative estimate of drug-likeness (QED) is 0.851. The molecule has 0 bridgehead atoms. The Kier molecular flexibility index (Phi) is 5.16. The molecule has 1 aliphatic rings. The summed E-state index contributed by atoms with van der Waals surface area (Å²) in [5, 5.41) is 8.53. The zero-order chi connectivity index (χ0) is 15.2. The van der Waals surface area contributed by atoms with Gasteiger partial charge >= 0.3 is 5.97 Å². The summed E-state index contributed by atoms with van der Waals surface area (Å²) in [5.74, 6) is -0.450. The first-order chi connectivity index (χ1) is 10.1. The molecule has 114 valence electrons. The van der Waals surface area contributed by atoms with Gasteiger partial charge in [0.05, 0.1) is 12.5 Å². The van der Waals surface area contributed by atoms with E-state index < -0.39 is 5.97 Å². The van der Waals surface area contributed by atoms with Crippen molar-refractivity contribution in [2.75, 3.05) is 26.9 Å². The maximum absolute atomic E-state index is 12.2. The van der Waals surface area contributed by atoms with Crippen LogP contribution in [0.15, 0.2) is 24.3 Å². The Balaban J connectivity index is 1.87. The lowest BCUT2D eigenvalue weighted by atomic mass is 10.1. The lowest BCUT2D eigenvalue weighted by Gasteiger charge is -2.20. The number of aliphatic carboxylic acids is 1. The molecule has 21 heavy (non-hydrogen) atoms. The number of carbonyl (C=O) groups is 2. The number of hydrogen-bond donors (Lipinski definition) is 1. The Morgan fingerprint density at radius 1 is 1.38 bits per heavy atom. The Labute approximate surface area is 123 Å². The minimum atomic E-state index is -1.01. The van der Waals surface area contributed by atoms with Crippen molar-refractivity contribution in [2.24, 2.45) is 5.92 Å². The van der Waals surface area contributed by atoms with Crippen LogP contribution in [0.3, 0.4) is 0 Å². The number of carboxylic acid groups (broad SMARTS) is 1. The van der Waals surface area contributed by atoms with Crippen molar-refractivity contribution in [3.8, 4) is 5.75 Å². The largest absolute Gasteiger partial charge is 0.482 e. The maximum Gasteiger partial charge on any atom is 0.341 e. The molecule has 1 fully saturated rings. The minimum Gasteiger partial charge on any atom is -0.482 e. The summed E-state index contributed by atoms with van der Waals surface area (Å²) < 4.78 is 10.3. The van der Waals surface area contributed by atoms with Gasteiger partial charge in [-0.3, -0.25) is 4.79 Å². The van der Waals surface area contributed by atoms with E-state index in [9.17, 15) is 9.59 Å². The lowest BCUT2D eigenvalue weighted by Crippen LogP contribution is -2.32. The monoisotopic (exact) mass is 293 g/mol. The number of benzene rings is 1. The van der Waals surface area contributed by atoms with Gasteiger partial charge < -0.3 is 19.5 Å². The van der Waals surface area contributed by atoms with Gasteiger partial charge in [-0.2, -0.15) is 0 Å². The topological polar surface area (TPSA) is 76.1 Å². The minimum absolute atomic E-state index is 0.0341. The molecule has 0 aliphatic carbocycles.